The molecule has 0 bridgehead atoms. The second-order valence-corrected chi connectivity index (χ2v) is 3.45. The fourth-order valence-electron chi connectivity index (χ4n) is 1.31. The maximum absolute atomic E-state index is 10.6. The van der Waals surface area contributed by atoms with Gasteiger partial charge in [0.2, 0.25) is 0 Å². The summed E-state index contributed by atoms with van der Waals surface area (Å²) < 4.78 is 4.89. The molecule has 0 atom stereocenters. The first-order valence-electron chi connectivity index (χ1n) is 5.38. The highest BCUT2D eigenvalue weighted by Gasteiger charge is 2.05. The Kier molecular flexibility index (Phi) is 5.30. The van der Waals surface area contributed by atoms with Crippen LogP contribution in [-0.2, 0) is 4.74 Å². The first-order valence-corrected chi connectivity index (χ1v) is 5.38. The number of nitriles is 2. The number of hydrogen-bond donors (Lipinski definition) is 1. The predicted octanol–water partition coefficient (Wildman–Crippen LogP) is 2.47. The second kappa shape index (κ2) is 7.19. The summed E-state index contributed by atoms with van der Waals surface area (Å²) in [4.78, 5) is 10.1. The van der Waals surface area contributed by atoms with Crippen molar-refractivity contribution in [2.45, 2.75) is 0 Å². The number of anilines is 1. The van der Waals surface area contributed by atoms with E-state index in [9.17, 15) is 10.1 Å². The number of benzene rings is 1. The highest BCUT2D eigenvalue weighted by atomic mass is 16.6. The molecule has 0 aliphatic heterocycles. The van der Waals surface area contributed by atoms with Gasteiger partial charge in [-0.15, -0.1) is 0 Å². The summed E-state index contributed by atoms with van der Waals surface area (Å²) in [5, 5.41) is 30.8. The summed E-state index contributed by atoms with van der Waals surface area (Å²) in [6, 6.07) is 9.31. The van der Waals surface area contributed by atoms with E-state index in [0.717, 1.165) is 0 Å². The van der Waals surface area contributed by atoms with Gasteiger partial charge in [-0.1, -0.05) is 6.07 Å². The third-order valence-electron chi connectivity index (χ3n) is 2.23. The van der Waals surface area contributed by atoms with Gasteiger partial charge in [0.15, 0.2) is 5.57 Å². The first-order chi connectivity index (χ1) is 9.62. The average Bonchev–Trinajstić information content (AvgIpc) is 2.47. The molecule has 0 spiro atoms. The number of nitro benzene ring substituents is 1. The Morgan fingerprint density at radius 2 is 2.15 bits per heavy atom. The molecule has 0 radical (unpaired) electrons. The number of nitro groups is 1. The second-order valence-electron chi connectivity index (χ2n) is 3.45. The summed E-state index contributed by atoms with van der Waals surface area (Å²) in [6.07, 6.45) is 2.81. The van der Waals surface area contributed by atoms with Crippen molar-refractivity contribution in [3.63, 3.8) is 0 Å². The van der Waals surface area contributed by atoms with Crippen molar-refractivity contribution in [2.75, 3.05) is 12.4 Å². The highest BCUT2D eigenvalue weighted by Crippen LogP contribution is 2.17. The lowest BCUT2D eigenvalue weighted by molar-refractivity contribution is -0.384. The van der Waals surface area contributed by atoms with Crippen molar-refractivity contribution in [1.29, 1.82) is 10.5 Å². The molecule has 0 fully saturated rings. The molecule has 1 N–H and O–H groups in total. The van der Waals surface area contributed by atoms with Gasteiger partial charge in [0.05, 0.1) is 12.0 Å². The van der Waals surface area contributed by atoms with E-state index in [1.54, 1.807) is 18.2 Å². The SMILES string of the molecule is COC(C=CNc1cccc([N+](=O)[O-])c1)=C(C#N)C#N. The molecule has 1 rings (SSSR count). The van der Waals surface area contributed by atoms with Crippen molar-refractivity contribution in [1.82, 2.24) is 0 Å². The van der Waals surface area contributed by atoms with E-state index in [-0.39, 0.29) is 17.0 Å². The van der Waals surface area contributed by atoms with Crippen molar-refractivity contribution < 1.29 is 9.66 Å². The van der Waals surface area contributed by atoms with Crippen LogP contribution < -0.4 is 5.32 Å². The molecule has 0 saturated heterocycles. The summed E-state index contributed by atoms with van der Waals surface area (Å²) in [5.74, 6) is 0.105. The Bertz CT molecular complexity index is 634. The molecule has 0 aliphatic carbocycles. The van der Waals surface area contributed by atoms with E-state index in [1.807, 2.05) is 0 Å². The van der Waals surface area contributed by atoms with Crippen LogP contribution in [0.15, 0.2) is 47.9 Å². The van der Waals surface area contributed by atoms with Crippen LogP contribution in [0.25, 0.3) is 0 Å². The van der Waals surface area contributed by atoms with Crippen LogP contribution in [-0.4, -0.2) is 12.0 Å². The molecule has 0 aromatic heterocycles. The van der Waals surface area contributed by atoms with Crippen LogP contribution in [0.4, 0.5) is 11.4 Å². The fourth-order valence-corrected chi connectivity index (χ4v) is 1.31. The van der Waals surface area contributed by atoms with Gasteiger partial charge < -0.3 is 10.1 Å². The highest BCUT2D eigenvalue weighted by molar-refractivity contribution is 5.53. The maximum atomic E-state index is 10.6. The minimum atomic E-state index is -0.501. The Hall–Kier alpha value is -3.32. The van der Waals surface area contributed by atoms with Gasteiger partial charge in [-0.2, -0.15) is 10.5 Å². The lowest BCUT2D eigenvalue weighted by atomic mass is 10.2. The van der Waals surface area contributed by atoms with E-state index in [2.05, 4.69) is 5.32 Å². The lowest BCUT2D eigenvalue weighted by Crippen LogP contribution is -1.93. The predicted molar refractivity (Wildman–Crippen MR) is 71.1 cm³/mol. The molecule has 20 heavy (non-hydrogen) atoms. The van der Waals surface area contributed by atoms with Crippen molar-refractivity contribution in [3.8, 4) is 12.1 Å². The number of nitrogens with zero attached hydrogens (tertiary/aromatic N) is 3. The monoisotopic (exact) mass is 270 g/mol. The number of ether oxygens (including phenoxy) is 1. The van der Waals surface area contributed by atoms with E-state index in [4.69, 9.17) is 15.3 Å². The summed E-state index contributed by atoms with van der Waals surface area (Å²) >= 11 is 0. The molecule has 0 saturated carbocycles. The van der Waals surface area contributed by atoms with Gasteiger partial charge in [-0.05, 0) is 12.1 Å². The van der Waals surface area contributed by atoms with Crippen molar-refractivity contribution >= 4 is 11.4 Å². The third kappa shape index (κ3) is 3.86. The van der Waals surface area contributed by atoms with Crippen LogP contribution in [0, 0.1) is 32.8 Å². The number of rotatable bonds is 5. The van der Waals surface area contributed by atoms with Crippen molar-refractivity contribution in [2.24, 2.45) is 0 Å². The number of nitrogens with one attached hydrogen (secondary N) is 1. The topological polar surface area (TPSA) is 112 Å². The fraction of sp³-hybridized carbons (Fsp3) is 0.0769. The maximum Gasteiger partial charge on any atom is 0.271 e. The number of allylic oxidation sites excluding steroid dienone is 2. The Balaban J connectivity index is 2.87. The molecule has 1 aromatic rings. The standard InChI is InChI=1S/C13H10N4O3/c1-20-13(10(8-14)9-15)5-6-16-11-3-2-4-12(7-11)17(18)19/h2-7,16H,1H3. The van der Waals surface area contributed by atoms with Crippen LogP contribution in [0.5, 0.6) is 0 Å². The molecule has 0 heterocycles. The van der Waals surface area contributed by atoms with Gasteiger partial charge in [0, 0.05) is 24.0 Å². The van der Waals surface area contributed by atoms with Gasteiger partial charge in [-0.3, -0.25) is 10.1 Å². The number of methoxy groups -OCH3 is 1. The summed E-state index contributed by atoms with van der Waals surface area (Å²) in [7, 11) is 1.34. The molecule has 0 amide bonds. The van der Waals surface area contributed by atoms with Crippen LogP contribution in [0.1, 0.15) is 0 Å². The summed E-state index contributed by atoms with van der Waals surface area (Å²) in [6.45, 7) is 0. The molecule has 0 aliphatic rings. The molecule has 7 heteroatoms. The largest absolute Gasteiger partial charge is 0.495 e. The van der Waals surface area contributed by atoms with E-state index in [0.29, 0.717) is 5.69 Å². The average molecular weight is 270 g/mol. The molecule has 7 nitrogen and oxygen atoms in total. The Morgan fingerprint density at radius 1 is 1.45 bits per heavy atom. The number of non-ortho nitro benzene ring substituents is 1. The Morgan fingerprint density at radius 3 is 2.70 bits per heavy atom. The molecule has 100 valence electrons. The van der Waals surface area contributed by atoms with Gasteiger partial charge in [-0.25, -0.2) is 0 Å². The summed E-state index contributed by atoms with van der Waals surface area (Å²) in [5.41, 5.74) is 0.298. The minimum Gasteiger partial charge on any atom is -0.495 e. The smallest absolute Gasteiger partial charge is 0.271 e. The van der Waals surface area contributed by atoms with Crippen LogP contribution >= 0.6 is 0 Å². The quantitative estimate of drug-likeness (QED) is 0.289. The van der Waals surface area contributed by atoms with E-state index >= 15 is 0 Å². The van der Waals surface area contributed by atoms with Gasteiger partial charge in [0.25, 0.3) is 5.69 Å². The van der Waals surface area contributed by atoms with Crippen LogP contribution in [0.2, 0.25) is 0 Å². The van der Waals surface area contributed by atoms with Crippen molar-refractivity contribution in [3.05, 3.63) is 58.0 Å². The lowest BCUT2D eigenvalue weighted by Gasteiger charge is -2.02. The molecule has 1 aromatic carbocycles. The molecule has 0 unspecified atom stereocenters. The normalized spacial score (nSPS) is 9.35. The minimum absolute atomic E-state index is 0.0411. The van der Waals surface area contributed by atoms with Gasteiger partial charge in [0.1, 0.15) is 17.9 Å². The van der Waals surface area contributed by atoms with Crippen LogP contribution in [0.3, 0.4) is 0 Å². The zero-order valence-corrected chi connectivity index (χ0v) is 10.5. The first kappa shape index (κ1) is 14.7. The number of hydrogen-bond acceptors (Lipinski definition) is 6. The zero-order chi connectivity index (χ0) is 15.0. The molecular weight excluding hydrogens is 260 g/mol. The zero-order valence-electron chi connectivity index (χ0n) is 10.5. The third-order valence-corrected chi connectivity index (χ3v) is 2.23. The van der Waals surface area contributed by atoms with E-state index in [1.165, 1.54) is 37.6 Å². The van der Waals surface area contributed by atoms with E-state index < -0.39 is 4.92 Å². The Labute approximate surface area is 115 Å². The molecular formula is C13H10N4O3. The van der Waals surface area contributed by atoms with Gasteiger partial charge >= 0.3 is 0 Å².